The van der Waals surface area contributed by atoms with Crippen LogP contribution in [0, 0.1) is 17.2 Å². The lowest BCUT2D eigenvalue weighted by molar-refractivity contribution is -0.133. The molecule has 2 rings (SSSR count). The van der Waals surface area contributed by atoms with Crippen molar-refractivity contribution in [2.24, 2.45) is 10.9 Å². The predicted octanol–water partition coefficient (Wildman–Crippen LogP) is 2.14. The van der Waals surface area contributed by atoms with Crippen LogP contribution in [0.15, 0.2) is 40.7 Å². The van der Waals surface area contributed by atoms with Crippen LogP contribution in [0.2, 0.25) is 0 Å². The van der Waals surface area contributed by atoms with Gasteiger partial charge in [0.15, 0.2) is 0 Å². The Bertz CT molecular complexity index is 611. The minimum absolute atomic E-state index is 0.149. The van der Waals surface area contributed by atoms with Crippen molar-refractivity contribution in [2.45, 2.75) is 19.8 Å². The fourth-order valence-corrected chi connectivity index (χ4v) is 2.36. The van der Waals surface area contributed by atoms with E-state index in [0.29, 0.717) is 17.1 Å². The van der Waals surface area contributed by atoms with E-state index < -0.39 is 17.8 Å². The van der Waals surface area contributed by atoms with Crippen molar-refractivity contribution >= 4 is 11.7 Å². The Hall–Kier alpha value is -2.48. The molecular formula is C14H13N3O2. The van der Waals surface area contributed by atoms with E-state index >= 15 is 0 Å². The number of hydrogen-bond acceptors (Lipinski definition) is 4. The summed E-state index contributed by atoms with van der Waals surface area (Å²) in [6.45, 7) is 3.39. The molecule has 5 nitrogen and oxygen atoms in total. The molecule has 1 N–H and O–H groups in total. The molecule has 0 amide bonds. The molecule has 5 heteroatoms. The normalized spacial score (nSPS) is 22.7. The molecule has 2 unspecified atom stereocenters. The van der Waals surface area contributed by atoms with Crippen LogP contribution in [0.4, 0.5) is 0 Å². The van der Waals surface area contributed by atoms with Gasteiger partial charge in [0.2, 0.25) is 0 Å². The molecule has 0 fully saturated rings. The van der Waals surface area contributed by atoms with E-state index in [0.717, 1.165) is 0 Å². The lowest BCUT2D eigenvalue weighted by Crippen LogP contribution is -2.29. The second kappa shape index (κ2) is 5.02. The van der Waals surface area contributed by atoms with Crippen molar-refractivity contribution < 1.29 is 9.90 Å². The van der Waals surface area contributed by atoms with Gasteiger partial charge in [0.25, 0.3) is 0 Å². The molecule has 0 radical (unpaired) electrons. The SMILES string of the molecule is CC1=NC(C)=C(C(=O)O)C(c2ccccn2)C1C#N. The molecule has 2 heterocycles. The molecule has 19 heavy (non-hydrogen) atoms. The molecular weight excluding hydrogens is 242 g/mol. The maximum Gasteiger partial charge on any atom is 0.334 e. The van der Waals surface area contributed by atoms with E-state index in [1.165, 1.54) is 0 Å². The van der Waals surface area contributed by atoms with Crippen molar-refractivity contribution in [3.05, 3.63) is 41.4 Å². The number of aliphatic imine (C=N–C) groups is 1. The third-order valence-corrected chi connectivity index (χ3v) is 3.20. The van der Waals surface area contributed by atoms with Gasteiger partial charge in [0.05, 0.1) is 23.5 Å². The van der Waals surface area contributed by atoms with Gasteiger partial charge in [0.1, 0.15) is 0 Å². The number of allylic oxidation sites excluding steroid dienone is 1. The van der Waals surface area contributed by atoms with Gasteiger partial charge in [-0.1, -0.05) is 6.07 Å². The molecule has 0 saturated carbocycles. The first-order valence-electron chi connectivity index (χ1n) is 5.86. The average Bonchev–Trinajstić information content (AvgIpc) is 2.38. The van der Waals surface area contributed by atoms with Gasteiger partial charge in [-0.3, -0.25) is 9.98 Å². The van der Waals surface area contributed by atoms with Crippen LogP contribution < -0.4 is 0 Å². The van der Waals surface area contributed by atoms with E-state index in [2.05, 4.69) is 16.0 Å². The summed E-state index contributed by atoms with van der Waals surface area (Å²) in [6, 6.07) is 7.42. The summed E-state index contributed by atoms with van der Waals surface area (Å²) in [5.74, 6) is -2.21. The zero-order chi connectivity index (χ0) is 14.0. The largest absolute Gasteiger partial charge is 0.478 e. The molecule has 1 aliphatic heterocycles. The molecule has 0 bridgehead atoms. The van der Waals surface area contributed by atoms with E-state index in [9.17, 15) is 15.2 Å². The Balaban J connectivity index is 2.63. The number of aliphatic carboxylic acids is 1. The van der Waals surface area contributed by atoms with Gasteiger partial charge in [-0.25, -0.2) is 4.79 Å². The van der Waals surface area contributed by atoms with Crippen molar-refractivity contribution in [3.8, 4) is 6.07 Å². The fourth-order valence-electron chi connectivity index (χ4n) is 2.36. The maximum atomic E-state index is 11.5. The molecule has 0 spiro atoms. The molecule has 96 valence electrons. The first-order valence-corrected chi connectivity index (χ1v) is 5.86. The average molecular weight is 255 g/mol. The zero-order valence-corrected chi connectivity index (χ0v) is 10.7. The van der Waals surface area contributed by atoms with Gasteiger partial charge in [-0.2, -0.15) is 5.26 Å². The summed E-state index contributed by atoms with van der Waals surface area (Å²) in [6.07, 6.45) is 1.60. The van der Waals surface area contributed by atoms with Gasteiger partial charge < -0.3 is 5.11 Å². The predicted molar refractivity (Wildman–Crippen MR) is 69.5 cm³/mol. The second-order valence-electron chi connectivity index (χ2n) is 4.40. The Morgan fingerprint density at radius 1 is 1.42 bits per heavy atom. The summed E-state index contributed by atoms with van der Waals surface area (Å²) in [7, 11) is 0. The lowest BCUT2D eigenvalue weighted by Gasteiger charge is -2.27. The number of carboxylic acids is 1. The van der Waals surface area contributed by atoms with Crippen molar-refractivity contribution in [2.75, 3.05) is 0 Å². The van der Waals surface area contributed by atoms with E-state index in [-0.39, 0.29) is 5.57 Å². The maximum absolute atomic E-state index is 11.5. The Labute approximate surface area is 110 Å². The van der Waals surface area contributed by atoms with Crippen LogP contribution >= 0.6 is 0 Å². The highest BCUT2D eigenvalue weighted by atomic mass is 16.4. The van der Waals surface area contributed by atoms with E-state index in [1.807, 2.05) is 0 Å². The smallest absolute Gasteiger partial charge is 0.334 e. The molecule has 2 atom stereocenters. The summed E-state index contributed by atoms with van der Waals surface area (Å²) in [4.78, 5) is 19.8. The number of nitrogens with zero attached hydrogens (tertiary/aromatic N) is 3. The number of pyridine rings is 1. The second-order valence-corrected chi connectivity index (χ2v) is 4.40. The van der Waals surface area contributed by atoms with Crippen LogP contribution in [0.5, 0.6) is 0 Å². The van der Waals surface area contributed by atoms with Gasteiger partial charge >= 0.3 is 5.97 Å². The van der Waals surface area contributed by atoms with Crippen molar-refractivity contribution in [1.29, 1.82) is 5.26 Å². The summed E-state index contributed by atoms with van der Waals surface area (Å²) < 4.78 is 0. The highest BCUT2D eigenvalue weighted by Crippen LogP contribution is 2.37. The van der Waals surface area contributed by atoms with E-state index in [1.54, 1.807) is 38.2 Å². The van der Waals surface area contributed by atoms with Crippen molar-refractivity contribution in [1.82, 2.24) is 4.98 Å². The minimum atomic E-state index is -1.05. The summed E-state index contributed by atoms with van der Waals surface area (Å²) in [5, 5.41) is 18.7. The first-order chi connectivity index (χ1) is 9.06. The molecule has 1 aromatic rings. The van der Waals surface area contributed by atoms with Crippen LogP contribution in [0.3, 0.4) is 0 Å². The Morgan fingerprint density at radius 3 is 2.68 bits per heavy atom. The summed E-state index contributed by atoms with van der Waals surface area (Å²) in [5.41, 5.74) is 1.80. The topological polar surface area (TPSA) is 86.3 Å². The minimum Gasteiger partial charge on any atom is -0.478 e. The van der Waals surface area contributed by atoms with Crippen LogP contribution in [0.25, 0.3) is 0 Å². The number of hydrogen-bond donors (Lipinski definition) is 1. The summed E-state index contributed by atoms with van der Waals surface area (Å²) >= 11 is 0. The van der Waals surface area contributed by atoms with Crippen LogP contribution in [-0.4, -0.2) is 21.8 Å². The first kappa shape index (κ1) is 13.0. The van der Waals surface area contributed by atoms with Crippen molar-refractivity contribution in [3.63, 3.8) is 0 Å². The number of rotatable bonds is 2. The monoisotopic (exact) mass is 255 g/mol. The molecule has 1 aliphatic rings. The lowest BCUT2D eigenvalue weighted by atomic mass is 9.78. The highest BCUT2D eigenvalue weighted by Gasteiger charge is 2.37. The molecule has 0 aromatic carbocycles. The van der Waals surface area contributed by atoms with Crippen LogP contribution in [-0.2, 0) is 4.79 Å². The molecule has 0 aliphatic carbocycles. The third-order valence-electron chi connectivity index (χ3n) is 3.20. The highest BCUT2D eigenvalue weighted by molar-refractivity contribution is 5.97. The fraction of sp³-hybridized carbons (Fsp3) is 0.286. The number of carboxylic acid groups (broad SMARTS) is 1. The van der Waals surface area contributed by atoms with Gasteiger partial charge in [0, 0.05) is 23.3 Å². The number of nitriles is 1. The number of carbonyl (C=O) groups is 1. The third kappa shape index (κ3) is 2.25. The quantitative estimate of drug-likeness (QED) is 0.877. The van der Waals surface area contributed by atoms with Gasteiger partial charge in [-0.05, 0) is 26.0 Å². The van der Waals surface area contributed by atoms with Crippen LogP contribution in [0.1, 0.15) is 25.5 Å². The van der Waals surface area contributed by atoms with Gasteiger partial charge in [-0.15, -0.1) is 0 Å². The Morgan fingerprint density at radius 2 is 2.16 bits per heavy atom. The van der Waals surface area contributed by atoms with E-state index in [4.69, 9.17) is 0 Å². The molecule has 0 saturated heterocycles. The molecule has 1 aromatic heterocycles. The number of aromatic nitrogens is 1. The standard InChI is InChI=1S/C14H13N3O2/c1-8-10(7-15)13(11-5-3-4-6-16-11)12(14(18)19)9(2)17-8/h3-6,10,13H,1-2H3,(H,18,19). The zero-order valence-electron chi connectivity index (χ0n) is 10.7. The Kier molecular flexibility index (Phi) is 3.43.